The Labute approximate surface area is 164 Å². The van der Waals surface area contributed by atoms with Gasteiger partial charge in [-0.3, -0.25) is 14.3 Å². The number of nitrogens with one attached hydrogen (secondary N) is 3. The zero-order valence-electron chi connectivity index (χ0n) is 15.1. The smallest absolute Gasteiger partial charge is 0.246 e. The van der Waals surface area contributed by atoms with Gasteiger partial charge in [0.05, 0.1) is 25.5 Å². The van der Waals surface area contributed by atoms with E-state index in [0.717, 1.165) is 18.2 Å². The first kappa shape index (κ1) is 20.7. The van der Waals surface area contributed by atoms with Crippen LogP contribution in [-0.4, -0.2) is 41.8 Å². The van der Waals surface area contributed by atoms with Gasteiger partial charge < -0.3 is 20.7 Å². The number of benzene rings is 1. The Balaban J connectivity index is 0.00000261. The molecule has 1 saturated carbocycles. The maximum Gasteiger partial charge on any atom is 0.246 e. The number of ether oxygens (including phenoxy) is 1. The number of carbonyl (C=O) groups is 2. The molecule has 9 heteroatoms. The van der Waals surface area contributed by atoms with E-state index < -0.39 is 0 Å². The molecule has 2 aromatic rings. The molecule has 0 bridgehead atoms. The van der Waals surface area contributed by atoms with Crippen LogP contribution in [0.25, 0.3) is 0 Å². The number of amides is 2. The number of carbonyl (C=O) groups excluding carboxylic acids is 2. The van der Waals surface area contributed by atoms with Crippen molar-refractivity contribution in [3.8, 4) is 5.75 Å². The van der Waals surface area contributed by atoms with E-state index in [4.69, 9.17) is 4.74 Å². The van der Waals surface area contributed by atoms with Gasteiger partial charge in [0.1, 0.15) is 12.3 Å². The first-order valence-corrected chi connectivity index (χ1v) is 8.59. The standard InChI is InChI=1S/C18H23N5O3.ClH/c1-26-16-6-4-14(5-7-16)21-18(25)12-23-11-15(9-20-23)22-17(24)10-19-8-13-2-3-13;/h4-7,9,11,13,19H,2-3,8,10,12H2,1H3,(H,21,25)(H,22,24);1H. The number of anilines is 2. The Morgan fingerprint density at radius 1 is 1.15 bits per heavy atom. The van der Waals surface area contributed by atoms with Gasteiger partial charge in [0, 0.05) is 11.9 Å². The third-order valence-corrected chi connectivity index (χ3v) is 4.01. The average molecular weight is 394 g/mol. The van der Waals surface area contributed by atoms with Crippen molar-refractivity contribution in [1.82, 2.24) is 15.1 Å². The highest BCUT2D eigenvalue weighted by Gasteiger charge is 2.20. The molecule has 1 heterocycles. The number of nitrogens with zero attached hydrogens (tertiary/aromatic N) is 2. The molecule has 3 rings (SSSR count). The van der Waals surface area contributed by atoms with Crippen LogP contribution in [0.4, 0.5) is 11.4 Å². The van der Waals surface area contributed by atoms with E-state index in [9.17, 15) is 9.59 Å². The second-order valence-electron chi connectivity index (χ2n) is 6.33. The largest absolute Gasteiger partial charge is 0.497 e. The Morgan fingerprint density at radius 2 is 1.85 bits per heavy atom. The van der Waals surface area contributed by atoms with Gasteiger partial charge in [0.15, 0.2) is 0 Å². The van der Waals surface area contributed by atoms with Crippen molar-refractivity contribution in [2.45, 2.75) is 19.4 Å². The molecule has 1 aromatic heterocycles. The van der Waals surface area contributed by atoms with E-state index in [0.29, 0.717) is 11.4 Å². The Morgan fingerprint density at radius 3 is 2.52 bits per heavy atom. The minimum atomic E-state index is -0.206. The fourth-order valence-corrected chi connectivity index (χ4v) is 2.45. The molecule has 0 aliphatic heterocycles. The summed E-state index contributed by atoms with van der Waals surface area (Å²) in [6.45, 7) is 1.22. The van der Waals surface area contributed by atoms with Crippen LogP contribution >= 0.6 is 12.4 Å². The molecule has 8 nitrogen and oxygen atoms in total. The Hall–Kier alpha value is -2.58. The molecule has 0 radical (unpaired) electrons. The quantitative estimate of drug-likeness (QED) is 0.604. The normalized spacial score (nSPS) is 12.8. The maximum absolute atomic E-state index is 12.1. The van der Waals surface area contributed by atoms with Gasteiger partial charge in [0.25, 0.3) is 0 Å². The number of hydrogen-bond donors (Lipinski definition) is 3. The molecule has 1 fully saturated rings. The van der Waals surface area contributed by atoms with Crippen LogP contribution in [0.1, 0.15) is 12.8 Å². The van der Waals surface area contributed by atoms with Crippen molar-refractivity contribution in [1.29, 1.82) is 0 Å². The zero-order chi connectivity index (χ0) is 18.4. The van der Waals surface area contributed by atoms with Gasteiger partial charge in [0.2, 0.25) is 11.8 Å². The van der Waals surface area contributed by atoms with Crippen LogP contribution in [0.2, 0.25) is 0 Å². The summed E-state index contributed by atoms with van der Waals surface area (Å²) >= 11 is 0. The van der Waals surface area contributed by atoms with E-state index in [2.05, 4.69) is 21.0 Å². The van der Waals surface area contributed by atoms with Crippen LogP contribution in [0.3, 0.4) is 0 Å². The molecule has 2 amide bonds. The lowest BCUT2D eigenvalue weighted by atomic mass is 10.3. The molecular formula is C18H24ClN5O3. The van der Waals surface area contributed by atoms with Crippen molar-refractivity contribution in [3.05, 3.63) is 36.7 Å². The lowest BCUT2D eigenvalue weighted by Crippen LogP contribution is -2.29. The van der Waals surface area contributed by atoms with Crippen molar-refractivity contribution < 1.29 is 14.3 Å². The molecule has 0 unspecified atom stereocenters. The van der Waals surface area contributed by atoms with Crippen LogP contribution < -0.4 is 20.7 Å². The molecule has 1 aliphatic rings. The summed E-state index contributed by atoms with van der Waals surface area (Å²) < 4.78 is 6.56. The summed E-state index contributed by atoms with van der Waals surface area (Å²) in [6.07, 6.45) is 5.66. The molecule has 146 valence electrons. The predicted octanol–water partition coefficient (Wildman–Crippen LogP) is 1.89. The van der Waals surface area contributed by atoms with Crippen molar-refractivity contribution in [2.24, 2.45) is 5.92 Å². The van der Waals surface area contributed by atoms with Gasteiger partial charge in [-0.05, 0) is 49.6 Å². The molecule has 1 aliphatic carbocycles. The minimum absolute atomic E-state index is 0. The Bertz CT molecular complexity index is 759. The van der Waals surface area contributed by atoms with E-state index in [-0.39, 0.29) is 37.3 Å². The first-order chi connectivity index (χ1) is 12.6. The van der Waals surface area contributed by atoms with E-state index in [1.165, 1.54) is 23.7 Å². The zero-order valence-corrected chi connectivity index (χ0v) is 15.9. The minimum Gasteiger partial charge on any atom is -0.497 e. The van der Waals surface area contributed by atoms with Gasteiger partial charge in [-0.1, -0.05) is 0 Å². The van der Waals surface area contributed by atoms with Crippen LogP contribution in [0, 0.1) is 5.92 Å². The summed E-state index contributed by atoms with van der Waals surface area (Å²) in [6, 6.07) is 7.07. The van der Waals surface area contributed by atoms with E-state index >= 15 is 0 Å². The molecule has 0 atom stereocenters. The highest BCUT2D eigenvalue weighted by molar-refractivity contribution is 5.92. The van der Waals surface area contributed by atoms with E-state index in [1.807, 2.05) is 0 Å². The monoisotopic (exact) mass is 393 g/mol. The number of rotatable bonds is 9. The molecule has 0 spiro atoms. The third kappa shape index (κ3) is 6.92. The molecule has 1 aromatic carbocycles. The van der Waals surface area contributed by atoms with Crippen LogP contribution in [-0.2, 0) is 16.1 Å². The topological polar surface area (TPSA) is 97.3 Å². The molecule has 3 N–H and O–H groups in total. The molecule has 0 saturated heterocycles. The van der Waals surface area contributed by atoms with Crippen molar-refractivity contribution in [2.75, 3.05) is 30.8 Å². The second-order valence-corrected chi connectivity index (χ2v) is 6.33. The average Bonchev–Trinajstić information content (AvgIpc) is 3.35. The highest BCUT2D eigenvalue weighted by Crippen LogP contribution is 2.27. The summed E-state index contributed by atoms with van der Waals surface area (Å²) in [7, 11) is 1.59. The third-order valence-electron chi connectivity index (χ3n) is 4.01. The summed E-state index contributed by atoms with van der Waals surface area (Å²) in [5, 5.41) is 12.8. The molecular weight excluding hydrogens is 370 g/mol. The van der Waals surface area contributed by atoms with Gasteiger partial charge in [-0.2, -0.15) is 5.10 Å². The summed E-state index contributed by atoms with van der Waals surface area (Å²) in [5.74, 6) is 1.13. The Kier molecular flexibility index (Phi) is 7.63. The summed E-state index contributed by atoms with van der Waals surface area (Å²) in [5.41, 5.74) is 1.25. The lowest BCUT2D eigenvalue weighted by Gasteiger charge is -2.06. The highest BCUT2D eigenvalue weighted by atomic mass is 35.5. The van der Waals surface area contributed by atoms with Crippen molar-refractivity contribution >= 4 is 35.6 Å². The van der Waals surface area contributed by atoms with Gasteiger partial charge in [-0.25, -0.2) is 0 Å². The van der Waals surface area contributed by atoms with Crippen LogP contribution in [0.5, 0.6) is 5.75 Å². The van der Waals surface area contributed by atoms with Gasteiger partial charge >= 0.3 is 0 Å². The second kappa shape index (κ2) is 9.94. The lowest BCUT2D eigenvalue weighted by molar-refractivity contribution is -0.117. The number of aromatic nitrogens is 2. The fourth-order valence-electron chi connectivity index (χ4n) is 2.45. The van der Waals surface area contributed by atoms with Gasteiger partial charge in [-0.15, -0.1) is 12.4 Å². The summed E-state index contributed by atoms with van der Waals surface area (Å²) in [4.78, 5) is 23.9. The van der Waals surface area contributed by atoms with Crippen LogP contribution in [0.15, 0.2) is 36.7 Å². The number of methoxy groups -OCH3 is 1. The predicted molar refractivity (Wildman–Crippen MR) is 105 cm³/mol. The fraction of sp³-hybridized carbons (Fsp3) is 0.389. The SMILES string of the molecule is COc1ccc(NC(=O)Cn2cc(NC(=O)CNCC3CC3)cn2)cc1.Cl. The van der Waals surface area contributed by atoms with E-state index in [1.54, 1.807) is 37.6 Å². The first-order valence-electron chi connectivity index (χ1n) is 8.59. The van der Waals surface area contributed by atoms with Crippen molar-refractivity contribution in [3.63, 3.8) is 0 Å². The maximum atomic E-state index is 12.1. The number of halogens is 1. The molecule has 27 heavy (non-hydrogen) atoms. The number of hydrogen-bond acceptors (Lipinski definition) is 5.